The normalized spacial score (nSPS) is 16.7. The summed E-state index contributed by atoms with van der Waals surface area (Å²) in [7, 11) is 0. The summed E-state index contributed by atoms with van der Waals surface area (Å²) in [5.41, 5.74) is 6.77. The maximum atomic E-state index is 8.60. The largest absolute Gasteiger partial charge is 0.386 e. The molecule has 9 nitrogen and oxygen atoms in total. The van der Waals surface area contributed by atoms with Crippen molar-refractivity contribution in [2.75, 3.05) is 6.54 Å². The summed E-state index contributed by atoms with van der Waals surface area (Å²) >= 11 is 0. The fourth-order valence-corrected chi connectivity index (χ4v) is 4.44. The fraction of sp³-hybridized carbons (Fsp3) is 0.800. The Morgan fingerprint density at radius 3 is 2.29 bits per heavy atom. The van der Waals surface area contributed by atoms with E-state index in [1.165, 1.54) is 44.9 Å². The standard InChI is InChI=1S/C25H47N9/c1-19(2)34-18-21(32-33-34)15-16-23(26)30-17-11-10-14-22(24(27)28)31-25(29)20-12-8-6-4-3-5-7-9-13-20/h18-20,22H,3-17H2,1-2H3,(H2,26,30)(H3,27,28)(H2,29,31)/t22-/m0/s1. The zero-order chi connectivity index (χ0) is 24.8. The van der Waals surface area contributed by atoms with Gasteiger partial charge >= 0.3 is 0 Å². The molecule has 0 saturated heterocycles. The minimum absolute atomic E-state index is 0.111. The van der Waals surface area contributed by atoms with Crippen LogP contribution in [0.15, 0.2) is 6.20 Å². The average Bonchev–Trinajstić information content (AvgIpc) is 3.29. The van der Waals surface area contributed by atoms with Gasteiger partial charge in [-0.1, -0.05) is 50.2 Å². The number of rotatable bonds is 12. The zero-order valence-corrected chi connectivity index (χ0v) is 21.3. The van der Waals surface area contributed by atoms with Crippen molar-refractivity contribution in [1.82, 2.24) is 25.6 Å². The summed E-state index contributed by atoms with van der Waals surface area (Å²) in [6.07, 6.45) is 16.8. The highest BCUT2D eigenvalue weighted by atomic mass is 15.4. The summed E-state index contributed by atoms with van der Waals surface area (Å²) in [5.74, 6) is 1.46. The average molecular weight is 474 g/mol. The molecule has 0 aromatic carbocycles. The molecule has 0 amide bonds. The van der Waals surface area contributed by atoms with E-state index in [1.807, 2.05) is 10.9 Å². The molecule has 1 fully saturated rings. The molecule has 9 heteroatoms. The summed E-state index contributed by atoms with van der Waals surface area (Å²) in [6.45, 7) is 4.86. The Morgan fingerprint density at radius 1 is 1.06 bits per heavy atom. The molecule has 0 unspecified atom stereocenters. The van der Waals surface area contributed by atoms with E-state index in [1.54, 1.807) is 0 Å². The second-order valence-electron chi connectivity index (χ2n) is 10.00. The Labute approximate surface area is 205 Å². The number of unbranched alkanes of at least 4 members (excludes halogenated alkanes) is 1. The predicted octanol–water partition coefficient (Wildman–Crippen LogP) is 4.54. The lowest BCUT2D eigenvalue weighted by molar-refractivity contribution is 0.448. The number of amidine groups is 3. The molecule has 7 N–H and O–H groups in total. The van der Waals surface area contributed by atoms with Crippen LogP contribution in [0.2, 0.25) is 0 Å². The Hall–Kier alpha value is -2.45. The topological polar surface area (TPSA) is 152 Å². The van der Waals surface area contributed by atoms with Crippen LogP contribution >= 0.6 is 0 Å². The second-order valence-corrected chi connectivity index (χ2v) is 10.00. The molecule has 34 heavy (non-hydrogen) atoms. The van der Waals surface area contributed by atoms with Crippen LogP contribution in [0.1, 0.15) is 109 Å². The first-order valence-electron chi connectivity index (χ1n) is 13.3. The number of hydrogen-bond donors (Lipinski definition) is 6. The van der Waals surface area contributed by atoms with E-state index in [0.717, 1.165) is 44.3 Å². The highest BCUT2D eigenvalue weighted by Crippen LogP contribution is 2.22. The lowest BCUT2D eigenvalue weighted by atomic mass is 9.91. The van der Waals surface area contributed by atoms with Crippen LogP contribution < -0.4 is 16.4 Å². The van der Waals surface area contributed by atoms with E-state index in [4.69, 9.17) is 22.0 Å². The first-order chi connectivity index (χ1) is 16.4. The fourth-order valence-electron chi connectivity index (χ4n) is 4.44. The molecule has 0 spiro atoms. The van der Waals surface area contributed by atoms with Crippen molar-refractivity contribution in [3.05, 3.63) is 11.9 Å². The molecule has 0 bridgehead atoms. The van der Waals surface area contributed by atoms with Gasteiger partial charge in [0, 0.05) is 37.5 Å². The molecule has 1 aliphatic carbocycles. The lowest BCUT2D eigenvalue weighted by Crippen LogP contribution is -2.46. The molecule has 1 atom stereocenters. The van der Waals surface area contributed by atoms with Crippen LogP contribution in [0.3, 0.4) is 0 Å². The summed E-state index contributed by atoms with van der Waals surface area (Å²) < 4.78 is 1.84. The molecule has 0 radical (unpaired) electrons. The highest BCUT2D eigenvalue weighted by molar-refractivity contribution is 5.90. The van der Waals surface area contributed by atoms with Gasteiger partial charge in [0.05, 0.1) is 23.4 Å². The van der Waals surface area contributed by atoms with Crippen LogP contribution in [-0.4, -0.2) is 45.1 Å². The second kappa shape index (κ2) is 15.5. The van der Waals surface area contributed by atoms with Gasteiger partial charge in [-0.05, 0) is 46.0 Å². The van der Waals surface area contributed by atoms with Gasteiger partial charge in [-0.3, -0.25) is 16.2 Å². The van der Waals surface area contributed by atoms with Crippen molar-refractivity contribution >= 4 is 17.5 Å². The first-order valence-corrected chi connectivity index (χ1v) is 13.3. The quantitative estimate of drug-likeness (QED) is 0.149. The molecule has 1 aromatic rings. The Bertz CT molecular complexity index is 745. The van der Waals surface area contributed by atoms with Crippen LogP contribution in [0.25, 0.3) is 0 Å². The van der Waals surface area contributed by atoms with Crippen LogP contribution in [0.5, 0.6) is 0 Å². The predicted molar refractivity (Wildman–Crippen MR) is 140 cm³/mol. The van der Waals surface area contributed by atoms with Gasteiger partial charge in [0.15, 0.2) is 0 Å². The Balaban J connectivity index is 1.64. The van der Waals surface area contributed by atoms with Gasteiger partial charge < -0.3 is 16.4 Å². The van der Waals surface area contributed by atoms with Crippen LogP contribution in [0, 0.1) is 22.1 Å². The molecule has 2 rings (SSSR count). The summed E-state index contributed by atoms with van der Waals surface area (Å²) in [4.78, 5) is 0. The van der Waals surface area contributed by atoms with Gasteiger partial charge in [-0.25, -0.2) is 4.68 Å². The van der Waals surface area contributed by atoms with Crippen molar-refractivity contribution < 1.29 is 0 Å². The Kier molecular flexibility index (Phi) is 12.6. The smallest absolute Gasteiger partial charge is 0.114 e. The van der Waals surface area contributed by atoms with E-state index >= 15 is 0 Å². The maximum Gasteiger partial charge on any atom is 0.114 e. The van der Waals surface area contributed by atoms with Crippen molar-refractivity contribution in [1.29, 1.82) is 16.2 Å². The third-order valence-electron chi connectivity index (χ3n) is 6.69. The van der Waals surface area contributed by atoms with Gasteiger partial charge in [0.1, 0.15) is 5.84 Å². The third kappa shape index (κ3) is 10.7. The Morgan fingerprint density at radius 2 is 1.71 bits per heavy atom. The van der Waals surface area contributed by atoms with Gasteiger partial charge in [-0.15, -0.1) is 5.10 Å². The van der Waals surface area contributed by atoms with Crippen LogP contribution in [-0.2, 0) is 6.42 Å². The summed E-state index contributed by atoms with van der Waals surface area (Å²) in [6, 6.07) is 0.0210. The van der Waals surface area contributed by atoms with Crippen molar-refractivity contribution in [2.45, 2.75) is 116 Å². The number of nitrogens with zero attached hydrogens (tertiary/aromatic N) is 3. The molecule has 1 heterocycles. The molecule has 1 saturated carbocycles. The van der Waals surface area contributed by atoms with Crippen LogP contribution in [0.4, 0.5) is 0 Å². The van der Waals surface area contributed by atoms with Gasteiger partial charge in [0.25, 0.3) is 0 Å². The van der Waals surface area contributed by atoms with E-state index in [2.05, 4.69) is 34.8 Å². The molecular formula is C25H47N9. The zero-order valence-electron chi connectivity index (χ0n) is 21.3. The first kappa shape index (κ1) is 27.8. The molecule has 1 aliphatic rings. The van der Waals surface area contributed by atoms with Crippen molar-refractivity contribution in [3.8, 4) is 0 Å². The van der Waals surface area contributed by atoms with Gasteiger partial charge in [-0.2, -0.15) is 0 Å². The minimum atomic E-state index is -0.272. The van der Waals surface area contributed by atoms with E-state index in [-0.39, 0.29) is 17.8 Å². The highest BCUT2D eigenvalue weighted by Gasteiger charge is 2.20. The minimum Gasteiger partial charge on any atom is -0.386 e. The van der Waals surface area contributed by atoms with E-state index in [9.17, 15) is 0 Å². The molecule has 1 aromatic heterocycles. The van der Waals surface area contributed by atoms with E-state index in [0.29, 0.717) is 30.6 Å². The van der Waals surface area contributed by atoms with Gasteiger partial charge in [0.2, 0.25) is 0 Å². The molecule has 192 valence electrons. The number of aryl methyl sites for hydroxylation is 1. The lowest BCUT2D eigenvalue weighted by Gasteiger charge is -2.25. The van der Waals surface area contributed by atoms with E-state index < -0.39 is 0 Å². The maximum absolute atomic E-state index is 8.60. The number of aromatic nitrogens is 3. The van der Waals surface area contributed by atoms with Crippen molar-refractivity contribution in [3.63, 3.8) is 0 Å². The number of nitrogens with one attached hydrogen (secondary N) is 5. The monoisotopic (exact) mass is 473 g/mol. The number of nitrogens with two attached hydrogens (primary N) is 1. The third-order valence-corrected chi connectivity index (χ3v) is 6.69. The SMILES string of the molecule is CC(C)n1cc(CCC(=N)NCCCC[C@H](NC(=N)C2CCCCCCCCC2)C(=N)N)nn1. The molecule has 0 aliphatic heterocycles. The number of hydrogen-bond acceptors (Lipinski definition) is 5. The van der Waals surface area contributed by atoms with Crippen molar-refractivity contribution in [2.24, 2.45) is 11.7 Å². The molecular weight excluding hydrogens is 426 g/mol. The summed E-state index contributed by atoms with van der Waals surface area (Å²) in [5, 5.41) is 39.4.